The normalized spacial score (nSPS) is 10.6. The molecular formula is C17H18O2. The average molecular weight is 254 g/mol. The molecule has 0 aliphatic heterocycles. The first-order valence-electron chi connectivity index (χ1n) is 6.53. The van der Waals surface area contributed by atoms with Crippen molar-refractivity contribution in [3.63, 3.8) is 0 Å². The van der Waals surface area contributed by atoms with Crippen LogP contribution >= 0.6 is 0 Å². The summed E-state index contributed by atoms with van der Waals surface area (Å²) in [4.78, 5) is 11.0. The number of carboxylic acids is 1. The first-order chi connectivity index (χ1) is 9.24. The summed E-state index contributed by atoms with van der Waals surface area (Å²) in [6.45, 7) is 0. The lowest BCUT2D eigenvalue weighted by Crippen LogP contribution is -2.13. The van der Waals surface area contributed by atoms with Gasteiger partial charge < -0.3 is 5.11 Å². The minimum Gasteiger partial charge on any atom is -0.481 e. The molecule has 2 heteroatoms. The van der Waals surface area contributed by atoms with Gasteiger partial charge in [-0.25, -0.2) is 0 Å². The summed E-state index contributed by atoms with van der Waals surface area (Å²) >= 11 is 0. The fourth-order valence-corrected chi connectivity index (χ4v) is 2.36. The molecule has 0 amide bonds. The van der Waals surface area contributed by atoms with E-state index in [-0.39, 0.29) is 12.3 Å². The SMILES string of the molecule is O=C(O)CC(Cc1ccccc1)Cc1ccccc1. The number of carboxylic acid groups (broad SMARTS) is 1. The highest BCUT2D eigenvalue weighted by Crippen LogP contribution is 2.18. The number of carbonyl (C=O) groups is 1. The second-order valence-electron chi connectivity index (χ2n) is 4.84. The Morgan fingerprint density at radius 2 is 1.26 bits per heavy atom. The van der Waals surface area contributed by atoms with Crippen molar-refractivity contribution in [3.8, 4) is 0 Å². The van der Waals surface area contributed by atoms with Crippen molar-refractivity contribution in [2.45, 2.75) is 19.3 Å². The van der Waals surface area contributed by atoms with Crippen LogP contribution in [0.3, 0.4) is 0 Å². The summed E-state index contributed by atoms with van der Waals surface area (Å²) in [7, 11) is 0. The number of hydrogen-bond acceptors (Lipinski definition) is 1. The Morgan fingerprint density at radius 3 is 1.63 bits per heavy atom. The van der Waals surface area contributed by atoms with Gasteiger partial charge >= 0.3 is 5.97 Å². The molecule has 0 radical (unpaired) electrons. The van der Waals surface area contributed by atoms with Gasteiger partial charge in [-0.2, -0.15) is 0 Å². The van der Waals surface area contributed by atoms with E-state index in [4.69, 9.17) is 5.11 Å². The van der Waals surface area contributed by atoms with Gasteiger partial charge in [-0.15, -0.1) is 0 Å². The first kappa shape index (κ1) is 13.3. The van der Waals surface area contributed by atoms with Crippen LogP contribution in [0.1, 0.15) is 17.5 Å². The molecule has 0 fully saturated rings. The molecule has 0 saturated carbocycles. The largest absolute Gasteiger partial charge is 0.481 e. The zero-order chi connectivity index (χ0) is 13.5. The van der Waals surface area contributed by atoms with E-state index in [2.05, 4.69) is 24.3 Å². The summed E-state index contributed by atoms with van der Waals surface area (Å²) in [6.07, 6.45) is 1.83. The van der Waals surface area contributed by atoms with Crippen LogP contribution in [0.15, 0.2) is 60.7 Å². The highest BCUT2D eigenvalue weighted by molar-refractivity contribution is 5.67. The van der Waals surface area contributed by atoms with E-state index in [0.717, 1.165) is 12.8 Å². The Balaban J connectivity index is 2.06. The van der Waals surface area contributed by atoms with Crippen LogP contribution in [0.2, 0.25) is 0 Å². The van der Waals surface area contributed by atoms with E-state index in [1.165, 1.54) is 11.1 Å². The molecule has 0 saturated heterocycles. The van der Waals surface area contributed by atoms with Gasteiger partial charge in [-0.3, -0.25) is 4.79 Å². The smallest absolute Gasteiger partial charge is 0.303 e. The molecule has 2 nitrogen and oxygen atoms in total. The predicted molar refractivity (Wildman–Crippen MR) is 76.0 cm³/mol. The van der Waals surface area contributed by atoms with Crippen molar-refractivity contribution in [1.82, 2.24) is 0 Å². The van der Waals surface area contributed by atoms with E-state index in [0.29, 0.717) is 0 Å². The van der Waals surface area contributed by atoms with Gasteiger partial charge in [0.15, 0.2) is 0 Å². The van der Waals surface area contributed by atoms with E-state index < -0.39 is 5.97 Å². The van der Waals surface area contributed by atoms with Crippen LogP contribution < -0.4 is 0 Å². The lowest BCUT2D eigenvalue weighted by atomic mass is 9.90. The Labute approximate surface area is 113 Å². The number of aliphatic carboxylic acids is 1. The summed E-state index contributed by atoms with van der Waals surface area (Å²) in [5, 5.41) is 9.04. The van der Waals surface area contributed by atoms with E-state index in [9.17, 15) is 4.79 Å². The summed E-state index contributed by atoms with van der Waals surface area (Å²) in [5.41, 5.74) is 2.40. The number of rotatable bonds is 6. The average Bonchev–Trinajstić information content (AvgIpc) is 2.40. The Kier molecular flexibility index (Phi) is 4.73. The molecule has 2 aromatic carbocycles. The molecule has 0 unspecified atom stereocenters. The third kappa shape index (κ3) is 4.59. The minimum atomic E-state index is -0.725. The van der Waals surface area contributed by atoms with E-state index in [1.807, 2.05) is 36.4 Å². The van der Waals surface area contributed by atoms with Crippen LogP contribution in [0.4, 0.5) is 0 Å². The maximum Gasteiger partial charge on any atom is 0.303 e. The maximum atomic E-state index is 11.0. The minimum absolute atomic E-state index is 0.141. The summed E-state index contributed by atoms with van der Waals surface area (Å²) < 4.78 is 0. The number of benzene rings is 2. The van der Waals surface area contributed by atoms with Gasteiger partial charge in [0, 0.05) is 6.42 Å². The second kappa shape index (κ2) is 6.74. The van der Waals surface area contributed by atoms with Crippen molar-refractivity contribution in [1.29, 1.82) is 0 Å². The Morgan fingerprint density at radius 1 is 0.842 bits per heavy atom. The van der Waals surface area contributed by atoms with Crippen LogP contribution in [0.25, 0.3) is 0 Å². The topological polar surface area (TPSA) is 37.3 Å². The van der Waals surface area contributed by atoms with Crippen molar-refractivity contribution >= 4 is 5.97 Å². The molecule has 2 aromatic rings. The summed E-state index contributed by atoms with van der Waals surface area (Å²) in [6, 6.07) is 20.2. The van der Waals surface area contributed by atoms with Gasteiger partial charge in [-0.1, -0.05) is 60.7 Å². The zero-order valence-corrected chi connectivity index (χ0v) is 10.8. The predicted octanol–water partition coefficient (Wildman–Crippen LogP) is 3.56. The lowest BCUT2D eigenvalue weighted by Gasteiger charge is -2.15. The molecule has 0 spiro atoms. The maximum absolute atomic E-state index is 11.0. The van der Waals surface area contributed by atoms with E-state index >= 15 is 0 Å². The van der Waals surface area contributed by atoms with Gasteiger partial charge in [0.05, 0.1) is 0 Å². The van der Waals surface area contributed by atoms with Gasteiger partial charge in [0.1, 0.15) is 0 Å². The molecule has 0 aliphatic carbocycles. The standard InChI is InChI=1S/C17H18O2/c18-17(19)13-16(11-14-7-3-1-4-8-14)12-15-9-5-2-6-10-15/h1-10,16H,11-13H2,(H,18,19). The molecule has 19 heavy (non-hydrogen) atoms. The van der Waals surface area contributed by atoms with Crippen LogP contribution in [-0.4, -0.2) is 11.1 Å². The third-order valence-electron chi connectivity index (χ3n) is 3.20. The highest BCUT2D eigenvalue weighted by atomic mass is 16.4. The molecule has 0 bridgehead atoms. The van der Waals surface area contributed by atoms with Crippen molar-refractivity contribution in [3.05, 3.63) is 71.8 Å². The highest BCUT2D eigenvalue weighted by Gasteiger charge is 2.14. The molecule has 0 heterocycles. The van der Waals surface area contributed by atoms with Crippen LogP contribution in [-0.2, 0) is 17.6 Å². The van der Waals surface area contributed by atoms with Crippen LogP contribution in [0, 0.1) is 5.92 Å². The molecule has 0 aromatic heterocycles. The van der Waals surface area contributed by atoms with Crippen molar-refractivity contribution in [2.75, 3.05) is 0 Å². The molecular weight excluding hydrogens is 236 g/mol. The number of hydrogen-bond donors (Lipinski definition) is 1. The van der Waals surface area contributed by atoms with Crippen LogP contribution in [0.5, 0.6) is 0 Å². The molecule has 98 valence electrons. The molecule has 0 aliphatic rings. The Hall–Kier alpha value is -2.09. The van der Waals surface area contributed by atoms with Crippen molar-refractivity contribution < 1.29 is 9.90 Å². The Bertz CT molecular complexity index is 464. The monoisotopic (exact) mass is 254 g/mol. The summed E-state index contributed by atoms with van der Waals surface area (Å²) in [5.74, 6) is -0.584. The quantitative estimate of drug-likeness (QED) is 0.855. The fourth-order valence-electron chi connectivity index (χ4n) is 2.36. The third-order valence-corrected chi connectivity index (χ3v) is 3.20. The molecule has 0 atom stereocenters. The van der Waals surface area contributed by atoms with Gasteiger partial charge in [0.2, 0.25) is 0 Å². The van der Waals surface area contributed by atoms with Gasteiger partial charge in [0.25, 0.3) is 0 Å². The zero-order valence-electron chi connectivity index (χ0n) is 10.8. The molecule has 1 N–H and O–H groups in total. The second-order valence-corrected chi connectivity index (χ2v) is 4.84. The lowest BCUT2D eigenvalue weighted by molar-refractivity contribution is -0.138. The van der Waals surface area contributed by atoms with Crippen molar-refractivity contribution in [2.24, 2.45) is 5.92 Å². The molecule has 2 rings (SSSR count). The fraction of sp³-hybridized carbons (Fsp3) is 0.235. The first-order valence-corrected chi connectivity index (χ1v) is 6.53. The van der Waals surface area contributed by atoms with E-state index in [1.54, 1.807) is 0 Å². The van der Waals surface area contributed by atoms with Gasteiger partial charge in [-0.05, 0) is 29.9 Å².